The second-order valence-corrected chi connectivity index (χ2v) is 8.24. The zero-order valence-corrected chi connectivity index (χ0v) is 17.3. The minimum atomic E-state index is -4.77. The molecule has 0 N–H and O–H groups in total. The van der Waals surface area contributed by atoms with Crippen molar-refractivity contribution in [2.45, 2.75) is 57.5 Å². The molecule has 0 atom stereocenters. The molecule has 0 aliphatic heterocycles. The summed E-state index contributed by atoms with van der Waals surface area (Å²) in [5.41, 5.74) is 2.66. The molecule has 0 saturated heterocycles. The molecule has 1 heterocycles. The molecule has 0 spiro atoms. The van der Waals surface area contributed by atoms with Gasteiger partial charge in [0.15, 0.2) is 0 Å². The van der Waals surface area contributed by atoms with Crippen molar-refractivity contribution in [3.8, 4) is 22.5 Å². The SMILES string of the molecule is CCC[C@H]1CC[C@H](c2ccc(-c3ccc(-c4noc(C(F)(F)F)n4)c(F)c3)cc2)CC1. The van der Waals surface area contributed by atoms with Gasteiger partial charge in [0, 0.05) is 0 Å². The molecular weight excluding hydrogens is 408 g/mol. The molecule has 0 radical (unpaired) electrons. The van der Waals surface area contributed by atoms with Crippen LogP contribution in [-0.2, 0) is 6.18 Å². The van der Waals surface area contributed by atoms with Gasteiger partial charge < -0.3 is 4.52 Å². The fourth-order valence-electron chi connectivity index (χ4n) is 4.46. The molecule has 1 aliphatic carbocycles. The highest BCUT2D eigenvalue weighted by Gasteiger charge is 2.38. The van der Waals surface area contributed by atoms with E-state index in [1.807, 2.05) is 12.1 Å². The van der Waals surface area contributed by atoms with Crippen LogP contribution in [0.4, 0.5) is 17.6 Å². The number of benzene rings is 2. The molecule has 31 heavy (non-hydrogen) atoms. The zero-order valence-electron chi connectivity index (χ0n) is 17.3. The van der Waals surface area contributed by atoms with Gasteiger partial charge in [-0.15, -0.1) is 0 Å². The van der Waals surface area contributed by atoms with Crippen LogP contribution in [0.25, 0.3) is 22.5 Å². The molecule has 3 nitrogen and oxygen atoms in total. The molecule has 2 aromatic carbocycles. The number of rotatable bonds is 5. The summed E-state index contributed by atoms with van der Waals surface area (Å²) in [6, 6.07) is 12.4. The normalized spacial score (nSPS) is 19.5. The van der Waals surface area contributed by atoms with Gasteiger partial charge in [-0.25, -0.2) is 4.39 Å². The maximum atomic E-state index is 14.6. The molecule has 1 aromatic heterocycles. The Morgan fingerprint density at radius 3 is 2.23 bits per heavy atom. The summed E-state index contributed by atoms with van der Waals surface area (Å²) in [6.07, 6.45) is 2.76. The number of halogens is 4. The van der Waals surface area contributed by atoms with Crippen LogP contribution < -0.4 is 0 Å². The van der Waals surface area contributed by atoms with Crippen LogP contribution >= 0.6 is 0 Å². The quantitative estimate of drug-likeness (QED) is 0.389. The predicted molar refractivity (Wildman–Crippen MR) is 110 cm³/mol. The summed E-state index contributed by atoms with van der Waals surface area (Å²) in [5.74, 6) is -1.20. The second kappa shape index (κ2) is 8.81. The lowest BCUT2D eigenvalue weighted by molar-refractivity contribution is -0.159. The third-order valence-electron chi connectivity index (χ3n) is 6.14. The topological polar surface area (TPSA) is 38.9 Å². The van der Waals surface area contributed by atoms with Crippen molar-refractivity contribution < 1.29 is 22.1 Å². The van der Waals surface area contributed by atoms with Crippen LogP contribution in [0.1, 0.15) is 62.8 Å². The second-order valence-electron chi connectivity index (χ2n) is 8.24. The summed E-state index contributed by atoms with van der Waals surface area (Å²) < 4.78 is 56.7. The van der Waals surface area contributed by atoms with E-state index in [1.165, 1.54) is 56.2 Å². The Kier molecular flexibility index (Phi) is 6.12. The van der Waals surface area contributed by atoms with Crippen molar-refractivity contribution in [3.05, 3.63) is 59.7 Å². The van der Waals surface area contributed by atoms with Gasteiger partial charge >= 0.3 is 12.1 Å². The van der Waals surface area contributed by atoms with E-state index < -0.39 is 23.7 Å². The predicted octanol–water partition coefficient (Wildman–Crippen LogP) is 7.64. The van der Waals surface area contributed by atoms with E-state index in [0.717, 1.165) is 11.5 Å². The molecule has 1 fully saturated rings. The molecule has 3 aromatic rings. The van der Waals surface area contributed by atoms with Gasteiger partial charge in [0.1, 0.15) is 5.82 Å². The Hall–Kier alpha value is -2.70. The Morgan fingerprint density at radius 1 is 0.968 bits per heavy atom. The average Bonchev–Trinajstić information content (AvgIpc) is 3.25. The number of alkyl halides is 3. The maximum Gasteiger partial charge on any atom is 0.471 e. The monoisotopic (exact) mass is 432 g/mol. The highest BCUT2D eigenvalue weighted by molar-refractivity contribution is 5.68. The molecular formula is C24H24F4N2O. The van der Waals surface area contributed by atoms with Crippen molar-refractivity contribution >= 4 is 0 Å². The van der Waals surface area contributed by atoms with Crippen LogP contribution in [0.2, 0.25) is 0 Å². The van der Waals surface area contributed by atoms with Crippen molar-refractivity contribution in [2.24, 2.45) is 5.92 Å². The fourth-order valence-corrected chi connectivity index (χ4v) is 4.46. The van der Waals surface area contributed by atoms with Gasteiger partial charge in [-0.2, -0.15) is 18.2 Å². The van der Waals surface area contributed by atoms with Gasteiger partial charge in [-0.1, -0.05) is 55.3 Å². The van der Waals surface area contributed by atoms with Gasteiger partial charge in [0.2, 0.25) is 5.82 Å². The minimum Gasteiger partial charge on any atom is -0.329 e. The largest absolute Gasteiger partial charge is 0.471 e. The van der Waals surface area contributed by atoms with E-state index in [9.17, 15) is 17.6 Å². The average molecular weight is 432 g/mol. The standard InChI is InChI=1S/C24H24F4N2O/c1-2-3-15-4-6-16(7-5-15)17-8-10-18(11-9-17)19-12-13-20(21(25)14-19)22-29-23(31-30-22)24(26,27)28/h8-16H,2-7H2,1H3/t15-,16-. The summed E-state index contributed by atoms with van der Waals surface area (Å²) in [7, 11) is 0. The first-order chi connectivity index (χ1) is 14.8. The lowest BCUT2D eigenvalue weighted by Gasteiger charge is -2.28. The van der Waals surface area contributed by atoms with E-state index in [0.29, 0.717) is 11.5 Å². The fraction of sp³-hybridized carbons (Fsp3) is 0.417. The van der Waals surface area contributed by atoms with E-state index in [1.54, 1.807) is 6.07 Å². The maximum absolute atomic E-state index is 14.6. The van der Waals surface area contributed by atoms with Crippen molar-refractivity contribution in [1.29, 1.82) is 0 Å². The summed E-state index contributed by atoms with van der Waals surface area (Å²) >= 11 is 0. The van der Waals surface area contributed by atoms with E-state index in [4.69, 9.17) is 0 Å². The van der Waals surface area contributed by atoms with Crippen LogP contribution in [0, 0.1) is 11.7 Å². The van der Waals surface area contributed by atoms with Crippen LogP contribution in [-0.4, -0.2) is 10.1 Å². The van der Waals surface area contributed by atoms with Crippen LogP contribution in [0.5, 0.6) is 0 Å². The molecule has 0 amide bonds. The summed E-state index contributed by atoms with van der Waals surface area (Å²) in [4.78, 5) is 3.25. The van der Waals surface area contributed by atoms with Gasteiger partial charge in [0.25, 0.3) is 0 Å². The Balaban J connectivity index is 1.48. The highest BCUT2D eigenvalue weighted by atomic mass is 19.4. The van der Waals surface area contributed by atoms with Crippen LogP contribution in [0.15, 0.2) is 47.0 Å². The first-order valence-electron chi connectivity index (χ1n) is 10.7. The third-order valence-corrected chi connectivity index (χ3v) is 6.14. The van der Waals surface area contributed by atoms with Crippen molar-refractivity contribution in [1.82, 2.24) is 10.1 Å². The Morgan fingerprint density at radius 2 is 1.65 bits per heavy atom. The third kappa shape index (κ3) is 4.81. The van der Waals surface area contributed by atoms with Gasteiger partial charge in [0.05, 0.1) is 5.56 Å². The molecule has 7 heteroatoms. The van der Waals surface area contributed by atoms with Crippen molar-refractivity contribution in [3.63, 3.8) is 0 Å². The molecule has 4 rings (SSSR count). The lowest BCUT2D eigenvalue weighted by Crippen LogP contribution is -2.13. The number of hydrogen-bond acceptors (Lipinski definition) is 3. The van der Waals surface area contributed by atoms with Gasteiger partial charge in [-0.05, 0) is 66.3 Å². The minimum absolute atomic E-state index is 0.136. The summed E-state index contributed by atoms with van der Waals surface area (Å²) in [6.45, 7) is 2.24. The van der Waals surface area contributed by atoms with Gasteiger partial charge in [-0.3, -0.25) is 0 Å². The lowest BCUT2D eigenvalue weighted by atomic mass is 9.77. The van der Waals surface area contributed by atoms with E-state index >= 15 is 0 Å². The summed E-state index contributed by atoms with van der Waals surface area (Å²) in [5, 5.41) is 3.25. The molecule has 1 saturated carbocycles. The number of hydrogen-bond donors (Lipinski definition) is 0. The highest BCUT2D eigenvalue weighted by Crippen LogP contribution is 2.38. The molecule has 1 aliphatic rings. The smallest absolute Gasteiger partial charge is 0.329 e. The van der Waals surface area contributed by atoms with Crippen molar-refractivity contribution in [2.75, 3.05) is 0 Å². The van der Waals surface area contributed by atoms with Crippen LogP contribution in [0.3, 0.4) is 0 Å². The first kappa shape index (κ1) is 21.5. The number of nitrogens with zero attached hydrogens (tertiary/aromatic N) is 2. The molecule has 0 unspecified atom stereocenters. The Bertz CT molecular complexity index is 1020. The Labute approximate surface area is 178 Å². The molecule has 164 valence electrons. The first-order valence-corrected chi connectivity index (χ1v) is 10.7. The zero-order chi connectivity index (χ0) is 22.0. The number of aromatic nitrogens is 2. The van der Waals surface area contributed by atoms with E-state index in [-0.39, 0.29) is 5.56 Å². The molecule has 0 bridgehead atoms. The van der Waals surface area contributed by atoms with E-state index in [2.05, 4.69) is 33.7 Å².